The van der Waals surface area contributed by atoms with Crippen LogP contribution in [0.15, 0.2) is 0 Å². The van der Waals surface area contributed by atoms with Crippen molar-refractivity contribution in [3.8, 4) is 0 Å². The normalized spacial score (nSPS) is 25.5. The molecule has 0 aliphatic carbocycles. The van der Waals surface area contributed by atoms with Gasteiger partial charge in [0, 0.05) is 38.8 Å². The Kier molecular flexibility index (Phi) is 4.26. The van der Waals surface area contributed by atoms with Gasteiger partial charge in [0.2, 0.25) is 0 Å². The number of carbonyl (C=O) groups excluding carboxylic acids is 1. The molecule has 0 aromatic heterocycles. The minimum absolute atomic E-state index is 0.240. The zero-order chi connectivity index (χ0) is 12.3. The molecule has 2 aliphatic rings. The summed E-state index contributed by atoms with van der Waals surface area (Å²) in [6.45, 7) is 10.0. The molecule has 0 radical (unpaired) electrons. The summed E-state index contributed by atoms with van der Waals surface area (Å²) in [7, 11) is 0. The number of nitrogens with zero attached hydrogens (tertiary/aromatic N) is 3. The van der Waals surface area contributed by atoms with Gasteiger partial charge in [-0.2, -0.15) is 0 Å². The fourth-order valence-electron chi connectivity index (χ4n) is 3.07. The monoisotopic (exact) mass is 239 g/mol. The fourth-order valence-corrected chi connectivity index (χ4v) is 3.07. The van der Waals surface area contributed by atoms with E-state index in [1.165, 1.54) is 25.9 Å². The highest BCUT2D eigenvalue weighted by Crippen LogP contribution is 2.21. The predicted octanol–water partition coefficient (Wildman–Crippen LogP) is 1.62. The van der Waals surface area contributed by atoms with Gasteiger partial charge in [0.05, 0.1) is 0 Å². The molecule has 2 heterocycles. The van der Waals surface area contributed by atoms with E-state index in [9.17, 15) is 4.79 Å². The number of hydrogen-bond donors (Lipinski definition) is 0. The van der Waals surface area contributed by atoms with E-state index >= 15 is 0 Å². The Hall–Kier alpha value is -0.770. The fraction of sp³-hybridized carbons (Fsp3) is 0.923. The Bertz CT molecular complexity index is 265. The van der Waals surface area contributed by atoms with Crippen LogP contribution in [0.5, 0.6) is 0 Å². The first-order valence-electron chi connectivity index (χ1n) is 7.04. The minimum Gasteiger partial charge on any atom is -0.325 e. The molecular weight excluding hydrogens is 214 g/mol. The number of hydrogen-bond acceptors (Lipinski definition) is 2. The van der Waals surface area contributed by atoms with E-state index in [0.29, 0.717) is 6.04 Å². The van der Waals surface area contributed by atoms with Crippen LogP contribution in [0.2, 0.25) is 0 Å². The van der Waals surface area contributed by atoms with Crippen LogP contribution in [0.3, 0.4) is 0 Å². The number of urea groups is 1. The van der Waals surface area contributed by atoms with Gasteiger partial charge in [-0.15, -0.1) is 0 Å². The lowest BCUT2D eigenvalue weighted by Crippen LogP contribution is -2.46. The molecule has 2 saturated heterocycles. The van der Waals surface area contributed by atoms with E-state index in [4.69, 9.17) is 0 Å². The summed E-state index contributed by atoms with van der Waals surface area (Å²) >= 11 is 0. The number of fused-ring (bicyclic) bond motifs is 1. The van der Waals surface area contributed by atoms with Crippen molar-refractivity contribution in [3.05, 3.63) is 0 Å². The summed E-state index contributed by atoms with van der Waals surface area (Å²) in [4.78, 5) is 18.9. The van der Waals surface area contributed by atoms with Crippen LogP contribution >= 0.6 is 0 Å². The third-order valence-electron chi connectivity index (χ3n) is 4.11. The molecule has 0 bridgehead atoms. The summed E-state index contributed by atoms with van der Waals surface area (Å²) in [5.41, 5.74) is 0. The molecule has 1 unspecified atom stereocenters. The number of amides is 2. The molecule has 0 aromatic rings. The molecule has 4 heteroatoms. The van der Waals surface area contributed by atoms with E-state index in [1.807, 2.05) is 4.90 Å². The first-order chi connectivity index (χ1) is 8.26. The standard InChI is InChI=1S/C13H25N3O/c1-3-14(4-2)13(17)16-10-6-9-15-8-5-7-12(15)11-16/h12H,3-11H2,1-2H3. The average molecular weight is 239 g/mol. The molecule has 2 amide bonds. The van der Waals surface area contributed by atoms with Gasteiger partial charge < -0.3 is 9.80 Å². The smallest absolute Gasteiger partial charge is 0.320 e. The highest BCUT2D eigenvalue weighted by molar-refractivity contribution is 5.74. The van der Waals surface area contributed by atoms with Crippen molar-refractivity contribution in [1.82, 2.24) is 14.7 Å². The molecular formula is C13H25N3O. The van der Waals surface area contributed by atoms with Gasteiger partial charge in [0.1, 0.15) is 0 Å². The lowest BCUT2D eigenvalue weighted by atomic mass is 10.2. The van der Waals surface area contributed by atoms with Gasteiger partial charge in [-0.05, 0) is 39.7 Å². The maximum Gasteiger partial charge on any atom is 0.320 e. The minimum atomic E-state index is 0.240. The van der Waals surface area contributed by atoms with Crippen LogP contribution in [-0.2, 0) is 0 Å². The Balaban J connectivity index is 1.98. The quantitative estimate of drug-likeness (QED) is 0.732. The van der Waals surface area contributed by atoms with Crippen molar-refractivity contribution in [2.24, 2.45) is 0 Å². The van der Waals surface area contributed by atoms with Crippen molar-refractivity contribution in [1.29, 1.82) is 0 Å². The molecule has 2 rings (SSSR count). The zero-order valence-corrected chi connectivity index (χ0v) is 11.2. The maximum atomic E-state index is 12.3. The molecule has 2 aliphatic heterocycles. The van der Waals surface area contributed by atoms with E-state index in [2.05, 4.69) is 23.6 Å². The van der Waals surface area contributed by atoms with Crippen molar-refractivity contribution < 1.29 is 4.79 Å². The van der Waals surface area contributed by atoms with Gasteiger partial charge in [-0.3, -0.25) is 4.90 Å². The Morgan fingerprint density at radius 3 is 2.59 bits per heavy atom. The van der Waals surface area contributed by atoms with E-state index in [1.54, 1.807) is 0 Å². The Labute approximate surface area is 105 Å². The molecule has 0 N–H and O–H groups in total. The van der Waals surface area contributed by atoms with Crippen molar-refractivity contribution in [3.63, 3.8) is 0 Å². The summed E-state index contributed by atoms with van der Waals surface area (Å²) in [6, 6.07) is 0.862. The summed E-state index contributed by atoms with van der Waals surface area (Å²) in [6.07, 6.45) is 3.70. The number of carbonyl (C=O) groups is 1. The molecule has 0 spiro atoms. The van der Waals surface area contributed by atoms with E-state index < -0.39 is 0 Å². The second-order valence-corrected chi connectivity index (χ2v) is 5.09. The lowest BCUT2D eigenvalue weighted by molar-refractivity contribution is 0.151. The second kappa shape index (κ2) is 5.71. The molecule has 17 heavy (non-hydrogen) atoms. The third kappa shape index (κ3) is 2.73. The molecule has 0 aromatic carbocycles. The van der Waals surface area contributed by atoms with Crippen LogP contribution in [-0.4, -0.2) is 66.0 Å². The van der Waals surface area contributed by atoms with Gasteiger partial charge in [0.25, 0.3) is 0 Å². The highest BCUT2D eigenvalue weighted by Gasteiger charge is 2.31. The SMILES string of the molecule is CCN(CC)C(=O)N1CCCN2CCCC2C1. The molecule has 1 atom stereocenters. The number of rotatable bonds is 2. The van der Waals surface area contributed by atoms with Crippen molar-refractivity contribution >= 4 is 6.03 Å². The average Bonchev–Trinajstić information content (AvgIpc) is 2.68. The van der Waals surface area contributed by atoms with E-state index in [-0.39, 0.29) is 6.03 Å². The molecule has 4 nitrogen and oxygen atoms in total. The molecule has 0 saturated carbocycles. The van der Waals surface area contributed by atoms with Crippen LogP contribution in [0.25, 0.3) is 0 Å². The first-order valence-corrected chi connectivity index (χ1v) is 7.04. The van der Waals surface area contributed by atoms with Crippen LogP contribution in [0, 0.1) is 0 Å². The van der Waals surface area contributed by atoms with Gasteiger partial charge in [0.15, 0.2) is 0 Å². The van der Waals surface area contributed by atoms with Crippen molar-refractivity contribution in [2.45, 2.75) is 39.2 Å². The van der Waals surface area contributed by atoms with Gasteiger partial charge in [-0.1, -0.05) is 0 Å². The Morgan fingerprint density at radius 2 is 1.88 bits per heavy atom. The lowest BCUT2D eigenvalue weighted by Gasteiger charge is -2.30. The summed E-state index contributed by atoms with van der Waals surface area (Å²) in [5, 5.41) is 0. The Morgan fingerprint density at radius 1 is 1.18 bits per heavy atom. The zero-order valence-electron chi connectivity index (χ0n) is 11.2. The first kappa shape index (κ1) is 12.7. The molecule has 98 valence electrons. The van der Waals surface area contributed by atoms with E-state index in [0.717, 1.165) is 32.6 Å². The predicted molar refractivity (Wildman–Crippen MR) is 69.1 cm³/mol. The maximum absolute atomic E-state index is 12.3. The van der Waals surface area contributed by atoms with Gasteiger partial charge >= 0.3 is 6.03 Å². The van der Waals surface area contributed by atoms with Gasteiger partial charge in [-0.25, -0.2) is 4.79 Å². The summed E-state index contributed by atoms with van der Waals surface area (Å²) in [5.74, 6) is 0. The summed E-state index contributed by atoms with van der Waals surface area (Å²) < 4.78 is 0. The third-order valence-corrected chi connectivity index (χ3v) is 4.11. The van der Waals surface area contributed by atoms with Crippen molar-refractivity contribution in [2.75, 3.05) is 39.3 Å². The topological polar surface area (TPSA) is 26.8 Å². The van der Waals surface area contributed by atoms with Crippen LogP contribution < -0.4 is 0 Å². The highest BCUT2D eigenvalue weighted by atomic mass is 16.2. The van der Waals surface area contributed by atoms with Crippen LogP contribution in [0.1, 0.15) is 33.1 Å². The molecule has 2 fully saturated rings. The largest absolute Gasteiger partial charge is 0.325 e. The van der Waals surface area contributed by atoms with Crippen LogP contribution in [0.4, 0.5) is 4.79 Å². The second-order valence-electron chi connectivity index (χ2n) is 5.09.